The maximum atomic E-state index is 11.9. The molecule has 5 N–H and O–H groups in total. The molecular weight excluding hydrogens is 456 g/mol. The summed E-state index contributed by atoms with van der Waals surface area (Å²) in [6.07, 6.45) is -1.06. The number of allylic oxidation sites excluding steroid dienone is 1. The molecule has 9 heteroatoms. The molecule has 0 unspecified atom stereocenters. The highest BCUT2D eigenvalue weighted by molar-refractivity contribution is 5.90. The van der Waals surface area contributed by atoms with Crippen LogP contribution in [0.3, 0.4) is 0 Å². The van der Waals surface area contributed by atoms with Crippen LogP contribution in [-0.2, 0) is 19.0 Å². The average molecular weight is 497 g/mol. The zero-order valence-electron chi connectivity index (χ0n) is 20.6. The van der Waals surface area contributed by atoms with Crippen molar-refractivity contribution in [3.63, 3.8) is 0 Å². The van der Waals surface area contributed by atoms with E-state index in [1.54, 1.807) is 0 Å². The zero-order chi connectivity index (χ0) is 25.5. The molecule has 4 rings (SSSR count). The highest BCUT2D eigenvalue weighted by Gasteiger charge is 2.58. The second-order valence-corrected chi connectivity index (χ2v) is 11.2. The van der Waals surface area contributed by atoms with Gasteiger partial charge in [-0.1, -0.05) is 26.0 Å². The molecule has 2 saturated carbocycles. The molecule has 2 heterocycles. The highest BCUT2D eigenvalue weighted by atomic mass is 16.7. The fraction of sp³-hybridized carbons (Fsp3) is 0.808. The first-order valence-electron chi connectivity index (χ1n) is 12.7. The smallest absolute Gasteiger partial charge is 0.334 e. The minimum atomic E-state index is -1.51. The molecule has 0 amide bonds. The molecule has 0 aromatic rings. The van der Waals surface area contributed by atoms with Gasteiger partial charge in [0.25, 0.3) is 0 Å². The molecule has 0 radical (unpaired) electrons. The summed E-state index contributed by atoms with van der Waals surface area (Å²) in [5.41, 5.74) is 1.07. The van der Waals surface area contributed by atoms with Crippen LogP contribution in [0.25, 0.3) is 0 Å². The van der Waals surface area contributed by atoms with Crippen molar-refractivity contribution in [1.29, 1.82) is 0 Å². The number of hydrogen-bond acceptors (Lipinski definition) is 9. The van der Waals surface area contributed by atoms with Crippen LogP contribution >= 0.6 is 0 Å². The summed E-state index contributed by atoms with van der Waals surface area (Å²) in [5.74, 6) is 0.0169. The Bertz CT molecular complexity index is 841. The number of cyclic esters (lactones) is 1. The Morgan fingerprint density at radius 3 is 2.54 bits per heavy atom. The third-order valence-electron chi connectivity index (χ3n) is 9.27. The molecule has 0 bridgehead atoms. The van der Waals surface area contributed by atoms with Gasteiger partial charge in [0.2, 0.25) is 0 Å². The van der Waals surface area contributed by atoms with E-state index in [4.69, 9.17) is 14.2 Å². The van der Waals surface area contributed by atoms with E-state index in [0.29, 0.717) is 25.0 Å². The Kier molecular flexibility index (Phi) is 7.79. The predicted molar refractivity (Wildman–Crippen MR) is 125 cm³/mol. The van der Waals surface area contributed by atoms with Crippen molar-refractivity contribution in [2.24, 2.45) is 22.7 Å². The molecule has 198 valence electrons. The van der Waals surface area contributed by atoms with Crippen LogP contribution < -0.4 is 0 Å². The number of carbonyl (C=O) groups is 1. The fourth-order valence-corrected chi connectivity index (χ4v) is 7.08. The average Bonchev–Trinajstić information content (AvgIpc) is 3.24. The third kappa shape index (κ3) is 4.72. The van der Waals surface area contributed by atoms with Crippen LogP contribution in [0, 0.1) is 22.7 Å². The number of carbonyl (C=O) groups excluding carboxylic acids is 1. The third-order valence-corrected chi connectivity index (χ3v) is 9.27. The Balaban J connectivity index is 1.50. The minimum Gasteiger partial charge on any atom is -0.458 e. The van der Waals surface area contributed by atoms with Crippen molar-refractivity contribution in [3.8, 4) is 0 Å². The van der Waals surface area contributed by atoms with Crippen molar-refractivity contribution in [2.75, 3.05) is 19.8 Å². The van der Waals surface area contributed by atoms with Crippen molar-refractivity contribution in [3.05, 3.63) is 23.8 Å². The zero-order valence-corrected chi connectivity index (χ0v) is 20.6. The summed E-state index contributed by atoms with van der Waals surface area (Å²) in [6, 6.07) is 0. The Labute approximate surface area is 206 Å². The SMILES string of the molecule is C=C1CC[C@@H]2[C@](C)(CO[C@@H]3O[C@H](CO)[C@@H](O)[C@H](O)[C@@H]3O)[C@H](O)CC[C@]2(C)[C@@H]1CCC1=CCOC1=O. The molecule has 0 aromatic heterocycles. The van der Waals surface area contributed by atoms with Gasteiger partial charge < -0.3 is 39.7 Å². The molecule has 2 aliphatic heterocycles. The molecule has 0 aromatic carbocycles. The van der Waals surface area contributed by atoms with E-state index in [0.717, 1.165) is 25.7 Å². The molecule has 0 spiro atoms. The molecule has 2 aliphatic carbocycles. The molecule has 3 fully saturated rings. The molecular formula is C26H40O9. The van der Waals surface area contributed by atoms with Gasteiger partial charge in [-0.05, 0) is 61.9 Å². The number of hydrogen-bond donors (Lipinski definition) is 5. The van der Waals surface area contributed by atoms with E-state index >= 15 is 0 Å². The number of fused-ring (bicyclic) bond motifs is 1. The summed E-state index contributed by atoms with van der Waals surface area (Å²) in [6.45, 7) is 8.48. The van der Waals surface area contributed by atoms with Gasteiger partial charge in [0.05, 0.1) is 19.3 Å². The van der Waals surface area contributed by atoms with Crippen LogP contribution in [0.4, 0.5) is 0 Å². The Hall–Kier alpha value is -1.33. The predicted octanol–water partition coefficient (Wildman–Crippen LogP) is 0.816. The number of rotatable bonds is 7. The van der Waals surface area contributed by atoms with Gasteiger partial charge in [-0.15, -0.1) is 0 Å². The largest absolute Gasteiger partial charge is 0.458 e. The van der Waals surface area contributed by atoms with Gasteiger partial charge in [0.15, 0.2) is 6.29 Å². The summed E-state index contributed by atoms with van der Waals surface area (Å²) in [7, 11) is 0. The summed E-state index contributed by atoms with van der Waals surface area (Å²) < 4.78 is 16.5. The number of aliphatic hydroxyl groups is 5. The lowest BCUT2D eigenvalue weighted by atomic mass is 9.46. The van der Waals surface area contributed by atoms with Gasteiger partial charge >= 0.3 is 5.97 Å². The van der Waals surface area contributed by atoms with E-state index in [9.17, 15) is 30.3 Å². The number of aliphatic hydroxyl groups excluding tert-OH is 5. The number of esters is 1. The summed E-state index contributed by atoms with van der Waals surface area (Å²) in [5, 5.41) is 51.2. The first-order valence-corrected chi connectivity index (χ1v) is 12.7. The lowest BCUT2D eigenvalue weighted by Gasteiger charge is -2.60. The van der Waals surface area contributed by atoms with Crippen LogP contribution in [0.15, 0.2) is 23.8 Å². The van der Waals surface area contributed by atoms with Gasteiger partial charge in [-0.2, -0.15) is 0 Å². The van der Waals surface area contributed by atoms with Crippen molar-refractivity contribution in [2.45, 2.75) is 89.2 Å². The maximum absolute atomic E-state index is 11.9. The normalized spacial score (nSPS) is 46.2. The van der Waals surface area contributed by atoms with Crippen molar-refractivity contribution < 1.29 is 44.5 Å². The molecule has 1 saturated heterocycles. The quantitative estimate of drug-likeness (QED) is 0.255. The molecule has 10 atom stereocenters. The summed E-state index contributed by atoms with van der Waals surface area (Å²) >= 11 is 0. The van der Waals surface area contributed by atoms with Crippen LogP contribution in [0.5, 0.6) is 0 Å². The monoisotopic (exact) mass is 496 g/mol. The van der Waals surface area contributed by atoms with E-state index in [1.807, 2.05) is 13.0 Å². The van der Waals surface area contributed by atoms with Crippen LogP contribution in [0.1, 0.15) is 52.4 Å². The Morgan fingerprint density at radius 2 is 1.89 bits per heavy atom. The van der Waals surface area contributed by atoms with Gasteiger partial charge in [-0.3, -0.25) is 0 Å². The standard InChI is InChI=1S/C26H40O9/c1-14-4-7-18-25(2,16(14)6-5-15-9-11-33-23(15)32)10-8-19(28)26(18,3)13-34-24-22(31)21(30)20(29)17(12-27)35-24/h9,16-22,24,27-31H,1,4-8,10-13H2,2-3H3/t16-,17-,18+,19-,20-,21+,22+,24-,25-,26+/m1/s1. The molecule has 35 heavy (non-hydrogen) atoms. The maximum Gasteiger partial charge on any atom is 0.334 e. The second-order valence-electron chi connectivity index (χ2n) is 11.2. The van der Waals surface area contributed by atoms with Crippen molar-refractivity contribution in [1.82, 2.24) is 0 Å². The first kappa shape index (κ1) is 26.7. The highest BCUT2D eigenvalue weighted by Crippen LogP contribution is 2.62. The van der Waals surface area contributed by atoms with E-state index in [2.05, 4.69) is 13.5 Å². The van der Waals surface area contributed by atoms with E-state index in [-0.39, 0.29) is 29.8 Å². The van der Waals surface area contributed by atoms with E-state index in [1.165, 1.54) is 5.57 Å². The lowest BCUT2D eigenvalue weighted by Crippen LogP contribution is -2.61. The van der Waals surface area contributed by atoms with E-state index < -0.39 is 48.8 Å². The van der Waals surface area contributed by atoms with Gasteiger partial charge in [0.1, 0.15) is 31.0 Å². The second kappa shape index (κ2) is 10.2. The van der Waals surface area contributed by atoms with Crippen LogP contribution in [-0.4, -0.2) is 88.1 Å². The van der Waals surface area contributed by atoms with Gasteiger partial charge in [0, 0.05) is 11.0 Å². The first-order chi connectivity index (χ1) is 16.5. The molecule has 9 nitrogen and oxygen atoms in total. The summed E-state index contributed by atoms with van der Waals surface area (Å²) in [4.78, 5) is 11.9. The number of ether oxygens (including phenoxy) is 3. The Morgan fingerprint density at radius 1 is 1.14 bits per heavy atom. The lowest BCUT2D eigenvalue weighted by molar-refractivity contribution is -0.313. The topological polar surface area (TPSA) is 146 Å². The van der Waals surface area contributed by atoms with Crippen molar-refractivity contribution >= 4 is 5.97 Å². The fourth-order valence-electron chi connectivity index (χ4n) is 7.08. The minimum absolute atomic E-state index is 0.0772. The van der Waals surface area contributed by atoms with Gasteiger partial charge in [-0.25, -0.2) is 4.79 Å². The van der Waals surface area contributed by atoms with Crippen LogP contribution in [0.2, 0.25) is 0 Å². The molecule has 4 aliphatic rings.